The molecule has 8 heteroatoms. The topological polar surface area (TPSA) is 89.5 Å². The van der Waals surface area contributed by atoms with Gasteiger partial charge in [-0.15, -0.1) is 0 Å². The Hall–Kier alpha value is -3.48. The van der Waals surface area contributed by atoms with Crippen LogP contribution in [0, 0.1) is 0 Å². The van der Waals surface area contributed by atoms with Gasteiger partial charge in [0.25, 0.3) is 5.91 Å². The lowest BCUT2D eigenvalue weighted by molar-refractivity contribution is -0.146. The summed E-state index contributed by atoms with van der Waals surface area (Å²) in [5, 5.41) is 3.26. The van der Waals surface area contributed by atoms with Gasteiger partial charge in [-0.2, -0.15) is 0 Å². The van der Waals surface area contributed by atoms with Crippen LogP contribution in [0.1, 0.15) is 37.4 Å². The molecule has 6 nitrogen and oxygen atoms in total. The monoisotopic (exact) mass is 467 g/mol. The van der Waals surface area contributed by atoms with E-state index in [1.54, 1.807) is 42.5 Å². The number of carbonyl (C=O) groups excluding carboxylic acids is 4. The van der Waals surface area contributed by atoms with E-state index in [0.717, 1.165) is 0 Å². The fourth-order valence-corrected chi connectivity index (χ4v) is 3.71. The molecule has 1 amide bonds. The number of anilines is 1. The Labute approximate surface area is 193 Å². The van der Waals surface area contributed by atoms with E-state index in [1.807, 2.05) is 0 Å². The number of benzene rings is 3. The summed E-state index contributed by atoms with van der Waals surface area (Å²) in [7, 11) is 0. The Bertz CT molecular complexity index is 1290. The van der Waals surface area contributed by atoms with E-state index in [9.17, 15) is 19.2 Å². The SMILES string of the molecule is O=C(COC(=O)Cc1ccc(Cl)c(Cl)c1)Nc1ccc2c(c1)C(=O)c1ccccc1C2=O. The Balaban J connectivity index is 1.39. The van der Waals surface area contributed by atoms with Gasteiger partial charge in [0.1, 0.15) is 0 Å². The standard InChI is InChI=1S/C24H15Cl2NO5/c25-19-8-5-13(9-20(19)26)10-22(29)32-12-21(28)27-14-6-7-17-18(11-14)24(31)16-4-2-1-3-15(16)23(17)30/h1-9,11H,10,12H2,(H,27,28). The van der Waals surface area contributed by atoms with Crippen molar-refractivity contribution < 1.29 is 23.9 Å². The summed E-state index contributed by atoms with van der Waals surface area (Å²) in [6, 6.07) is 15.8. The number of nitrogens with one attached hydrogen (secondary N) is 1. The summed E-state index contributed by atoms with van der Waals surface area (Å²) in [5.41, 5.74) is 2.08. The molecule has 32 heavy (non-hydrogen) atoms. The maximum atomic E-state index is 12.8. The third kappa shape index (κ3) is 4.42. The first-order valence-electron chi connectivity index (χ1n) is 9.55. The molecule has 3 aromatic rings. The van der Waals surface area contributed by atoms with Gasteiger partial charge in [-0.05, 0) is 35.9 Å². The minimum Gasteiger partial charge on any atom is -0.455 e. The number of ketones is 2. The summed E-state index contributed by atoms with van der Waals surface area (Å²) < 4.78 is 5.00. The van der Waals surface area contributed by atoms with Crippen LogP contribution in [0.15, 0.2) is 60.7 Å². The van der Waals surface area contributed by atoms with Crippen molar-refractivity contribution >= 4 is 52.3 Å². The first-order valence-corrected chi connectivity index (χ1v) is 10.3. The van der Waals surface area contributed by atoms with Crippen molar-refractivity contribution in [2.75, 3.05) is 11.9 Å². The Kier molecular flexibility index (Phi) is 6.08. The smallest absolute Gasteiger partial charge is 0.310 e. The van der Waals surface area contributed by atoms with Gasteiger partial charge in [-0.25, -0.2) is 0 Å². The zero-order chi connectivity index (χ0) is 22.8. The van der Waals surface area contributed by atoms with Crippen LogP contribution < -0.4 is 5.32 Å². The number of esters is 1. The van der Waals surface area contributed by atoms with Crippen molar-refractivity contribution in [3.05, 3.63) is 98.5 Å². The van der Waals surface area contributed by atoms with Gasteiger partial charge in [0.15, 0.2) is 18.2 Å². The minimum absolute atomic E-state index is 0.0704. The first-order chi connectivity index (χ1) is 15.3. The molecule has 0 saturated carbocycles. The molecule has 160 valence electrons. The van der Waals surface area contributed by atoms with Gasteiger partial charge in [0.05, 0.1) is 16.5 Å². The van der Waals surface area contributed by atoms with Gasteiger partial charge in [-0.3, -0.25) is 19.2 Å². The van der Waals surface area contributed by atoms with Gasteiger partial charge in [0.2, 0.25) is 0 Å². The number of halogens is 2. The Morgan fingerprint density at radius 3 is 2.12 bits per heavy atom. The van der Waals surface area contributed by atoms with E-state index in [2.05, 4.69) is 5.32 Å². The molecule has 0 radical (unpaired) electrons. The first kappa shape index (κ1) is 21.7. The van der Waals surface area contributed by atoms with Crippen molar-refractivity contribution in [1.29, 1.82) is 0 Å². The Morgan fingerprint density at radius 2 is 1.44 bits per heavy atom. The average molecular weight is 468 g/mol. The van der Waals surface area contributed by atoms with Crippen LogP contribution in [0.2, 0.25) is 10.0 Å². The molecule has 4 rings (SSSR count). The molecule has 0 aromatic heterocycles. The average Bonchev–Trinajstić information content (AvgIpc) is 2.78. The lowest BCUT2D eigenvalue weighted by Gasteiger charge is -2.18. The number of ether oxygens (including phenoxy) is 1. The third-order valence-electron chi connectivity index (χ3n) is 4.91. The van der Waals surface area contributed by atoms with E-state index < -0.39 is 18.5 Å². The largest absolute Gasteiger partial charge is 0.455 e. The van der Waals surface area contributed by atoms with Crippen LogP contribution in [0.5, 0.6) is 0 Å². The summed E-state index contributed by atoms with van der Waals surface area (Å²) in [4.78, 5) is 49.6. The highest BCUT2D eigenvalue weighted by atomic mass is 35.5. The zero-order valence-corrected chi connectivity index (χ0v) is 18.0. The van der Waals surface area contributed by atoms with Crippen molar-refractivity contribution in [3.8, 4) is 0 Å². The second kappa shape index (κ2) is 8.94. The lowest BCUT2D eigenvalue weighted by atomic mass is 9.84. The molecular weight excluding hydrogens is 453 g/mol. The van der Waals surface area contributed by atoms with Gasteiger partial charge >= 0.3 is 5.97 Å². The summed E-state index contributed by atoms with van der Waals surface area (Å²) in [6.45, 7) is -0.507. The number of fused-ring (bicyclic) bond motifs is 2. The highest BCUT2D eigenvalue weighted by Crippen LogP contribution is 2.29. The fraction of sp³-hybridized carbons (Fsp3) is 0.0833. The number of hydrogen-bond acceptors (Lipinski definition) is 5. The minimum atomic E-state index is -0.610. The second-order valence-corrected chi connectivity index (χ2v) is 7.91. The molecule has 0 atom stereocenters. The maximum absolute atomic E-state index is 12.8. The normalized spacial score (nSPS) is 12.1. The molecule has 1 N–H and O–H groups in total. The summed E-state index contributed by atoms with van der Waals surface area (Å²) in [6.07, 6.45) is -0.0704. The van der Waals surface area contributed by atoms with E-state index in [1.165, 1.54) is 18.2 Å². The molecule has 1 aliphatic carbocycles. The summed E-state index contributed by atoms with van der Waals surface area (Å²) in [5.74, 6) is -1.73. The lowest BCUT2D eigenvalue weighted by Crippen LogP contribution is -2.23. The number of hydrogen-bond donors (Lipinski definition) is 1. The van der Waals surface area contributed by atoms with Gasteiger partial charge in [-0.1, -0.05) is 53.5 Å². The van der Waals surface area contributed by atoms with E-state index in [0.29, 0.717) is 32.4 Å². The molecule has 1 aliphatic rings. The van der Waals surface area contributed by atoms with Gasteiger partial charge in [0, 0.05) is 27.9 Å². The van der Waals surface area contributed by atoms with Gasteiger partial charge < -0.3 is 10.1 Å². The molecule has 0 heterocycles. The molecule has 0 saturated heterocycles. The molecule has 0 fully saturated rings. The third-order valence-corrected chi connectivity index (χ3v) is 5.64. The predicted molar refractivity (Wildman–Crippen MR) is 120 cm³/mol. The van der Waals surface area contributed by atoms with Crippen LogP contribution in [0.3, 0.4) is 0 Å². The number of amides is 1. The van der Waals surface area contributed by atoms with Crippen LogP contribution in [0.25, 0.3) is 0 Å². The summed E-state index contributed by atoms with van der Waals surface area (Å²) >= 11 is 11.8. The number of rotatable bonds is 5. The molecule has 0 aliphatic heterocycles. The second-order valence-electron chi connectivity index (χ2n) is 7.10. The highest BCUT2D eigenvalue weighted by Gasteiger charge is 2.29. The molecule has 3 aromatic carbocycles. The van der Waals surface area contributed by atoms with Crippen molar-refractivity contribution in [2.24, 2.45) is 0 Å². The molecule has 0 bridgehead atoms. The van der Waals surface area contributed by atoms with Crippen LogP contribution in [-0.4, -0.2) is 30.0 Å². The van der Waals surface area contributed by atoms with Crippen LogP contribution >= 0.6 is 23.2 Å². The zero-order valence-electron chi connectivity index (χ0n) is 16.5. The predicted octanol–water partition coefficient (Wildman–Crippen LogP) is 4.49. The van der Waals surface area contributed by atoms with Crippen molar-refractivity contribution in [1.82, 2.24) is 0 Å². The highest BCUT2D eigenvalue weighted by molar-refractivity contribution is 6.42. The fourth-order valence-electron chi connectivity index (χ4n) is 3.39. The van der Waals surface area contributed by atoms with E-state index in [-0.39, 0.29) is 29.1 Å². The van der Waals surface area contributed by atoms with E-state index in [4.69, 9.17) is 27.9 Å². The molecular formula is C24H15Cl2NO5. The van der Waals surface area contributed by atoms with Crippen LogP contribution in [0.4, 0.5) is 5.69 Å². The number of carbonyl (C=O) groups is 4. The maximum Gasteiger partial charge on any atom is 0.310 e. The van der Waals surface area contributed by atoms with Crippen molar-refractivity contribution in [3.63, 3.8) is 0 Å². The Morgan fingerprint density at radius 1 is 0.781 bits per heavy atom. The molecule has 0 spiro atoms. The molecule has 0 unspecified atom stereocenters. The quantitative estimate of drug-likeness (QED) is 0.436. The van der Waals surface area contributed by atoms with Crippen molar-refractivity contribution in [2.45, 2.75) is 6.42 Å². The van der Waals surface area contributed by atoms with Crippen LogP contribution in [-0.2, 0) is 20.7 Å². The van der Waals surface area contributed by atoms with E-state index >= 15 is 0 Å².